The van der Waals surface area contributed by atoms with Crippen molar-refractivity contribution in [1.29, 1.82) is 0 Å². The lowest BCUT2D eigenvalue weighted by Gasteiger charge is -2.05. The topological polar surface area (TPSA) is 40.5 Å². The van der Waals surface area contributed by atoms with Crippen LogP contribution in [0.1, 0.15) is 109 Å². The van der Waals surface area contributed by atoms with Crippen molar-refractivity contribution >= 4 is 0 Å². The quantitative estimate of drug-likeness (QED) is 0.295. The van der Waals surface area contributed by atoms with E-state index in [-0.39, 0.29) is 11.5 Å². The summed E-state index contributed by atoms with van der Waals surface area (Å²) in [6, 6.07) is 4.89. The predicted octanol–water partition coefficient (Wildman–Crippen LogP) is 7.76. The maximum Gasteiger partial charge on any atom is 0.119 e. The second-order valence-corrected chi connectivity index (χ2v) is 8.39. The van der Waals surface area contributed by atoms with Crippen LogP contribution in [0.2, 0.25) is 0 Å². The Hall–Kier alpha value is -1.18. The summed E-state index contributed by atoms with van der Waals surface area (Å²) in [6.07, 6.45) is 20.1. The summed E-state index contributed by atoms with van der Waals surface area (Å²) < 4.78 is 0. The summed E-state index contributed by atoms with van der Waals surface area (Å²) in [7, 11) is 0. The number of aromatic hydroxyl groups is 2. The molecule has 150 valence electrons. The van der Waals surface area contributed by atoms with Gasteiger partial charge in [0.15, 0.2) is 0 Å². The normalized spacial score (nSPS) is 11.3. The molecule has 0 amide bonds. The molecule has 0 unspecified atom stereocenters. The molecule has 0 spiro atoms. The van der Waals surface area contributed by atoms with Crippen LogP contribution in [0.4, 0.5) is 0 Å². The number of benzene rings is 1. The fourth-order valence-electron chi connectivity index (χ4n) is 3.63. The molecule has 0 saturated carbocycles. The van der Waals surface area contributed by atoms with Gasteiger partial charge in [-0.15, -0.1) is 0 Å². The van der Waals surface area contributed by atoms with Crippen molar-refractivity contribution in [3.63, 3.8) is 0 Å². The van der Waals surface area contributed by atoms with Gasteiger partial charge in [0, 0.05) is 6.07 Å². The van der Waals surface area contributed by atoms with Crippen molar-refractivity contribution in [2.24, 2.45) is 5.92 Å². The zero-order valence-electron chi connectivity index (χ0n) is 17.3. The van der Waals surface area contributed by atoms with E-state index in [9.17, 15) is 10.2 Å². The first-order chi connectivity index (χ1) is 12.6. The highest BCUT2D eigenvalue weighted by atomic mass is 16.3. The monoisotopic (exact) mass is 362 g/mol. The Balaban J connectivity index is 1.81. The molecule has 0 aliphatic rings. The fraction of sp³-hybridized carbons (Fsp3) is 0.750. The van der Waals surface area contributed by atoms with Crippen LogP contribution in [0.5, 0.6) is 11.5 Å². The van der Waals surface area contributed by atoms with Gasteiger partial charge in [0.25, 0.3) is 0 Å². The number of hydrogen-bond acceptors (Lipinski definition) is 2. The zero-order chi connectivity index (χ0) is 19.0. The summed E-state index contributed by atoms with van der Waals surface area (Å²) in [5, 5.41) is 18.9. The number of aryl methyl sites for hydroxylation is 1. The van der Waals surface area contributed by atoms with E-state index in [4.69, 9.17) is 0 Å². The number of rotatable bonds is 16. The molecule has 2 N–H and O–H groups in total. The molecule has 0 fully saturated rings. The number of hydrogen-bond donors (Lipinski definition) is 2. The van der Waals surface area contributed by atoms with Gasteiger partial charge in [-0.1, -0.05) is 97.3 Å². The Morgan fingerprint density at radius 2 is 0.962 bits per heavy atom. The van der Waals surface area contributed by atoms with E-state index < -0.39 is 0 Å². The Kier molecular flexibility index (Phi) is 13.1. The van der Waals surface area contributed by atoms with E-state index in [1.165, 1.54) is 89.5 Å². The zero-order valence-corrected chi connectivity index (χ0v) is 17.3. The molecular formula is C24H42O2. The third-order valence-electron chi connectivity index (χ3n) is 5.21. The second kappa shape index (κ2) is 14.9. The Bertz CT molecular complexity index is 433. The summed E-state index contributed by atoms with van der Waals surface area (Å²) >= 11 is 0. The first-order valence-corrected chi connectivity index (χ1v) is 11.1. The van der Waals surface area contributed by atoms with Crippen LogP contribution in [0, 0.1) is 5.92 Å². The van der Waals surface area contributed by atoms with Gasteiger partial charge in [-0.3, -0.25) is 0 Å². The Morgan fingerprint density at radius 1 is 0.577 bits per heavy atom. The highest BCUT2D eigenvalue weighted by Gasteiger charge is 2.00. The highest BCUT2D eigenvalue weighted by molar-refractivity contribution is 5.36. The fourth-order valence-corrected chi connectivity index (χ4v) is 3.63. The molecule has 2 heteroatoms. The van der Waals surface area contributed by atoms with Crippen molar-refractivity contribution in [2.75, 3.05) is 0 Å². The van der Waals surface area contributed by atoms with Crippen molar-refractivity contribution < 1.29 is 10.2 Å². The van der Waals surface area contributed by atoms with E-state index in [0.717, 1.165) is 24.3 Å². The predicted molar refractivity (Wildman–Crippen MR) is 113 cm³/mol. The summed E-state index contributed by atoms with van der Waals surface area (Å²) in [5.74, 6) is 1.20. The minimum absolute atomic E-state index is 0.163. The first-order valence-electron chi connectivity index (χ1n) is 11.1. The number of phenols is 2. The summed E-state index contributed by atoms with van der Waals surface area (Å²) in [4.78, 5) is 0. The number of unbranched alkanes of at least 4 members (excludes halogenated alkanes) is 12. The van der Waals surface area contributed by atoms with Crippen molar-refractivity contribution in [1.82, 2.24) is 0 Å². The third-order valence-corrected chi connectivity index (χ3v) is 5.21. The SMILES string of the molecule is CC(C)CCCCCCCCCCCCCCCc1cc(O)cc(O)c1. The van der Waals surface area contributed by atoms with Gasteiger partial charge in [0.05, 0.1) is 0 Å². The van der Waals surface area contributed by atoms with Crippen LogP contribution in [0.3, 0.4) is 0 Å². The van der Waals surface area contributed by atoms with Crippen LogP contribution in [-0.4, -0.2) is 10.2 Å². The Morgan fingerprint density at radius 3 is 1.38 bits per heavy atom. The van der Waals surface area contributed by atoms with E-state index in [0.29, 0.717) is 0 Å². The molecule has 2 nitrogen and oxygen atoms in total. The molecule has 0 saturated heterocycles. The van der Waals surface area contributed by atoms with Crippen LogP contribution >= 0.6 is 0 Å². The smallest absolute Gasteiger partial charge is 0.119 e. The molecule has 0 heterocycles. The van der Waals surface area contributed by atoms with E-state index >= 15 is 0 Å². The first kappa shape index (κ1) is 22.9. The largest absolute Gasteiger partial charge is 0.508 e. The Labute approximate surface area is 162 Å². The summed E-state index contributed by atoms with van der Waals surface area (Å²) in [5.41, 5.74) is 1.03. The van der Waals surface area contributed by atoms with Crippen molar-refractivity contribution in [2.45, 2.75) is 110 Å². The van der Waals surface area contributed by atoms with Gasteiger partial charge in [0.2, 0.25) is 0 Å². The average Bonchev–Trinajstić information content (AvgIpc) is 2.57. The highest BCUT2D eigenvalue weighted by Crippen LogP contribution is 2.22. The molecular weight excluding hydrogens is 320 g/mol. The molecule has 1 rings (SSSR count). The van der Waals surface area contributed by atoms with Crippen LogP contribution in [0.15, 0.2) is 18.2 Å². The molecule has 1 aromatic carbocycles. The van der Waals surface area contributed by atoms with Gasteiger partial charge >= 0.3 is 0 Å². The van der Waals surface area contributed by atoms with E-state index in [1.807, 2.05) is 0 Å². The molecule has 0 atom stereocenters. The standard InChI is InChI=1S/C24H42O2/c1-21(2)16-14-12-10-8-6-4-3-5-7-9-11-13-15-17-22-18-23(25)20-24(26)19-22/h18-21,25-26H,3-17H2,1-2H3. The van der Waals surface area contributed by atoms with Gasteiger partial charge in [0.1, 0.15) is 11.5 Å². The molecule has 1 aromatic rings. The van der Waals surface area contributed by atoms with Gasteiger partial charge in [-0.2, -0.15) is 0 Å². The van der Waals surface area contributed by atoms with Gasteiger partial charge < -0.3 is 10.2 Å². The van der Waals surface area contributed by atoms with Crippen molar-refractivity contribution in [3.05, 3.63) is 23.8 Å². The molecule has 0 aliphatic carbocycles. The molecule has 0 bridgehead atoms. The molecule has 0 aliphatic heterocycles. The molecule has 0 aromatic heterocycles. The maximum absolute atomic E-state index is 9.47. The van der Waals surface area contributed by atoms with Gasteiger partial charge in [-0.05, 0) is 36.5 Å². The lowest BCUT2D eigenvalue weighted by atomic mass is 10.0. The van der Waals surface area contributed by atoms with Crippen LogP contribution in [0.25, 0.3) is 0 Å². The lowest BCUT2D eigenvalue weighted by Crippen LogP contribution is -1.88. The molecule has 26 heavy (non-hydrogen) atoms. The average molecular weight is 363 g/mol. The minimum Gasteiger partial charge on any atom is -0.508 e. The number of phenolic OH excluding ortho intramolecular Hbond substituents is 2. The van der Waals surface area contributed by atoms with Crippen molar-refractivity contribution in [3.8, 4) is 11.5 Å². The van der Waals surface area contributed by atoms with Crippen LogP contribution < -0.4 is 0 Å². The van der Waals surface area contributed by atoms with Crippen LogP contribution in [-0.2, 0) is 6.42 Å². The minimum atomic E-state index is 0.163. The lowest BCUT2D eigenvalue weighted by molar-refractivity contribution is 0.449. The summed E-state index contributed by atoms with van der Waals surface area (Å²) in [6.45, 7) is 4.64. The van der Waals surface area contributed by atoms with E-state index in [1.54, 1.807) is 12.1 Å². The second-order valence-electron chi connectivity index (χ2n) is 8.39. The maximum atomic E-state index is 9.47. The van der Waals surface area contributed by atoms with Gasteiger partial charge in [-0.25, -0.2) is 0 Å². The molecule has 0 radical (unpaired) electrons. The van der Waals surface area contributed by atoms with E-state index in [2.05, 4.69) is 13.8 Å². The third kappa shape index (κ3) is 13.1.